The summed E-state index contributed by atoms with van der Waals surface area (Å²) in [7, 11) is 1.48. The molecule has 17 heteroatoms. The van der Waals surface area contributed by atoms with Crippen LogP contribution in [0.5, 0.6) is 11.5 Å². The van der Waals surface area contributed by atoms with E-state index >= 15 is 4.39 Å². The minimum atomic E-state index is -2.13. The second-order valence-corrected chi connectivity index (χ2v) is 14.1. The van der Waals surface area contributed by atoms with Gasteiger partial charge in [-0.15, -0.1) is 0 Å². The van der Waals surface area contributed by atoms with Crippen LogP contribution in [0, 0.1) is 5.92 Å². The number of benzene rings is 1. The van der Waals surface area contributed by atoms with Gasteiger partial charge in [0, 0.05) is 24.4 Å². The smallest absolute Gasteiger partial charge is 0.408 e. The first-order valence-corrected chi connectivity index (χ1v) is 16.8. The van der Waals surface area contributed by atoms with Crippen LogP contribution < -0.4 is 31.4 Å². The molecule has 1 fully saturated rings. The highest BCUT2D eigenvalue weighted by Crippen LogP contribution is 2.37. The maximum Gasteiger partial charge on any atom is 0.408 e. The van der Waals surface area contributed by atoms with Crippen molar-refractivity contribution in [1.82, 2.24) is 20.2 Å². The lowest BCUT2D eigenvalue weighted by Crippen LogP contribution is -2.50. The zero-order valence-electron chi connectivity index (χ0n) is 27.9. The van der Waals surface area contributed by atoms with Gasteiger partial charge in [-0.25, -0.2) is 18.8 Å². The van der Waals surface area contributed by atoms with Crippen molar-refractivity contribution in [3.63, 3.8) is 0 Å². The number of aromatic nitrogens is 2. The molecule has 0 radical (unpaired) electrons. The molecule has 2 aromatic rings. The third-order valence-corrected chi connectivity index (χ3v) is 8.40. The lowest BCUT2D eigenvalue weighted by Gasteiger charge is -2.27. The molecule has 14 nitrogen and oxygen atoms in total. The molecular weight excluding hydrogens is 767 g/mol. The van der Waals surface area contributed by atoms with Crippen molar-refractivity contribution in [1.29, 1.82) is 0 Å². The predicted octanol–water partition coefficient (Wildman–Crippen LogP) is 3.91. The van der Waals surface area contributed by atoms with Gasteiger partial charge < -0.3 is 34.3 Å². The molecule has 0 aliphatic carbocycles. The quantitative estimate of drug-likeness (QED) is 0.267. The van der Waals surface area contributed by atoms with Gasteiger partial charge in [-0.2, -0.15) is 0 Å². The fraction of sp³-hybridized carbons (Fsp3) is 0.581. The molecule has 3 rings (SSSR count). The van der Waals surface area contributed by atoms with Gasteiger partial charge in [0.25, 0.3) is 11.5 Å². The van der Waals surface area contributed by atoms with Crippen LogP contribution in [0.4, 0.5) is 9.18 Å². The monoisotopic (exact) mass is 806 g/mol. The van der Waals surface area contributed by atoms with Crippen LogP contribution in [0.25, 0.3) is 0 Å². The van der Waals surface area contributed by atoms with E-state index in [1.54, 1.807) is 53.7 Å². The molecule has 48 heavy (non-hydrogen) atoms. The van der Waals surface area contributed by atoms with E-state index in [2.05, 4.69) is 47.5 Å². The summed E-state index contributed by atoms with van der Waals surface area (Å²) in [5, 5.41) is 5.08. The summed E-state index contributed by atoms with van der Waals surface area (Å²) in [5.41, 5.74) is -2.23. The molecule has 1 aromatic heterocycles. The number of rotatable bonds is 12. The molecule has 266 valence electrons. The van der Waals surface area contributed by atoms with Crippen molar-refractivity contribution in [2.75, 3.05) is 13.7 Å². The van der Waals surface area contributed by atoms with Gasteiger partial charge >= 0.3 is 17.8 Å². The van der Waals surface area contributed by atoms with Crippen LogP contribution in [-0.4, -0.2) is 77.3 Å². The molecule has 1 aliphatic heterocycles. The maximum absolute atomic E-state index is 16.2. The van der Waals surface area contributed by atoms with Crippen LogP contribution in [-0.2, 0) is 30.2 Å². The van der Waals surface area contributed by atoms with Gasteiger partial charge in [-0.05, 0) is 78.0 Å². The number of hydrogen-bond acceptors (Lipinski definition) is 10. The van der Waals surface area contributed by atoms with E-state index in [4.69, 9.17) is 23.7 Å². The molecule has 3 N–H and O–H groups in total. The second-order valence-electron chi connectivity index (χ2n) is 12.4. The first kappa shape index (κ1) is 39.0. The number of halogens is 3. The van der Waals surface area contributed by atoms with E-state index in [0.29, 0.717) is 20.4 Å². The van der Waals surface area contributed by atoms with Crippen LogP contribution >= 0.6 is 31.9 Å². The number of methoxy groups -OCH3 is 1. The lowest BCUT2D eigenvalue weighted by atomic mass is 10.0. The lowest BCUT2D eigenvalue weighted by molar-refractivity contribution is -0.157. The number of H-pyrrole nitrogens is 1. The number of aromatic amines is 1. The summed E-state index contributed by atoms with van der Waals surface area (Å²) in [5.74, 6) is -1.32. The normalized spacial score (nSPS) is 20.5. The molecule has 1 aliphatic rings. The Hall–Kier alpha value is -3.44. The van der Waals surface area contributed by atoms with E-state index in [0.717, 1.165) is 4.57 Å². The zero-order chi connectivity index (χ0) is 36.1. The van der Waals surface area contributed by atoms with Crippen molar-refractivity contribution in [2.24, 2.45) is 5.92 Å². The highest BCUT2D eigenvalue weighted by atomic mass is 79.9. The zero-order valence-corrected chi connectivity index (χ0v) is 31.0. The Bertz CT molecular complexity index is 1610. The van der Waals surface area contributed by atoms with Crippen LogP contribution in [0.1, 0.15) is 60.3 Å². The first-order chi connectivity index (χ1) is 22.4. The predicted molar refractivity (Wildman–Crippen MR) is 179 cm³/mol. The molecule has 0 spiro atoms. The van der Waals surface area contributed by atoms with Gasteiger partial charge in [0.15, 0.2) is 24.6 Å². The van der Waals surface area contributed by atoms with Crippen molar-refractivity contribution in [3.05, 3.63) is 53.7 Å². The Balaban J connectivity index is 1.86. The third kappa shape index (κ3) is 9.81. The van der Waals surface area contributed by atoms with E-state index in [1.165, 1.54) is 20.2 Å². The standard InChI is InChI=1S/C31H41Br2FN4O10/c1-9-16-13-38(29(42)37-26(16)40)27-22(34)24(47-28(41)23(14(2)3)36-30(43)48-31(5,6)7)21(46-27)12-35-25(39)15(4)45-20-11-19(44-8)17(32)10-18(20)33/h10-11,13-15,21-24,27H,9,12H2,1-8H3,(H,35,39)(H,36,43)(H,37,40,42)/t15-,21+,22-,23-,24+,27+/m0/s1. The number of hydrogen-bond donors (Lipinski definition) is 3. The van der Waals surface area contributed by atoms with E-state index in [-0.39, 0.29) is 18.5 Å². The highest BCUT2D eigenvalue weighted by Gasteiger charge is 2.50. The number of ether oxygens (including phenoxy) is 5. The number of alkyl halides is 1. The Morgan fingerprint density at radius 3 is 2.33 bits per heavy atom. The summed E-state index contributed by atoms with van der Waals surface area (Å²) in [6.45, 7) is 11.1. The van der Waals surface area contributed by atoms with E-state index in [1.807, 2.05) is 0 Å². The van der Waals surface area contributed by atoms with Crippen molar-refractivity contribution >= 4 is 49.8 Å². The van der Waals surface area contributed by atoms with E-state index < -0.39 is 77.5 Å². The number of amides is 2. The van der Waals surface area contributed by atoms with Crippen molar-refractivity contribution < 1.29 is 42.5 Å². The fourth-order valence-electron chi connectivity index (χ4n) is 4.68. The minimum absolute atomic E-state index is 0.193. The summed E-state index contributed by atoms with van der Waals surface area (Å²) in [6.07, 6.45) is -7.22. The molecule has 2 heterocycles. The number of nitrogens with zero attached hydrogens (tertiary/aromatic N) is 1. The van der Waals surface area contributed by atoms with Crippen molar-refractivity contribution in [3.8, 4) is 11.5 Å². The van der Waals surface area contributed by atoms with Crippen LogP contribution in [0.3, 0.4) is 0 Å². The Morgan fingerprint density at radius 2 is 1.75 bits per heavy atom. The number of alkyl carbamates (subject to hydrolysis) is 1. The van der Waals surface area contributed by atoms with Crippen molar-refractivity contribution in [2.45, 2.75) is 97.2 Å². The molecule has 1 saturated heterocycles. The molecular formula is C31H41Br2FN4O10. The largest absolute Gasteiger partial charge is 0.495 e. The van der Waals surface area contributed by atoms with Gasteiger partial charge in [0.1, 0.15) is 29.2 Å². The van der Waals surface area contributed by atoms with Gasteiger partial charge in [0.2, 0.25) is 0 Å². The molecule has 2 amide bonds. The summed E-state index contributed by atoms with van der Waals surface area (Å²) in [4.78, 5) is 66.0. The number of nitrogens with one attached hydrogen (secondary N) is 3. The molecule has 0 bridgehead atoms. The summed E-state index contributed by atoms with van der Waals surface area (Å²) in [6, 6.07) is 2.03. The minimum Gasteiger partial charge on any atom is -0.495 e. The average molecular weight is 808 g/mol. The Labute approximate surface area is 293 Å². The van der Waals surface area contributed by atoms with Gasteiger partial charge in [-0.1, -0.05) is 20.8 Å². The highest BCUT2D eigenvalue weighted by molar-refractivity contribution is 9.11. The topological polar surface area (TPSA) is 176 Å². The van der Waals surface area contributed by atoms with Crippen LogP contribution in [0.2, 0.25) is 0 Å². The molecule has 0 saturated carbocycles. The number of esters is 1. The second kappa shape index (κ2) is 16.3. The first-order valence-electron chi connectivity index (χ1n) is 15.2. The molecule has 0 unspecified atom stereocenters. The number of carbonyl (C=O) groups excluding carboxylic acids is 3. The SMILES string of the molecule is CCc1cn([C@@H]2O[C@H](CNC(=O)[C@H](C)Oc3cc(OC)c(Br)cc3Br)[C@@H](OC(=O)[C@@H](NC(=O)OC(C)(C)C)C(C)C)[C@@H]2F)c(=O)[nH]c1=O. The molecule has 6 atom stereocenters. The van der Waals surface area contributed by atoms with E-state index in [9.17, 15) is 24.0 Å². The fourth-order valence-corrected chi connectivity index (χ4v) is 5.93. The summed E-state index contributed by atoms with van der Waals surface area (Å²) < 4.78 is 46.1. The number of aryl methyl sites for hydroxylation is 1. The average Bonchev–Trinajstić information content (AvgIpc) is 3.28. The molecule has 1 aromatic carbocycles. The van der Waals surface area contributed by atoms with Gasteiger partial charge in [0.05, 0.1) is 16.1 Å². The third-order valence-electron chi connectivity index (χ3n) is 7.17. The summed E-state index contributed by atoms with van der Waals surface area (Å²) >= 11 is 6.75. The Kier molecular flexibility index (Phi) is 13.3. The Morgan fingerprint density at radius 1 is 1.10 bits per heavy atom. The van der Waals surface area contributed by atoms with Gasteiger partial charge in [-0.3, -0.25) is 19.1 Å². The number of carbonyl (C=O) groups is 3. The maximum atomic E-state index is 16.2. The van der Waals surface area contributed by atoms with Crippen LogP contribution in [0.15, 0.2) is 36.9 Å².